The summed E-state index contributed by atoms with van der Waals surface area (Å²) in [5.41, 5.74) is 0.705. The Balaban J connectivity index is 2.35. The number of carbonyl (C=O) groups is 1. The first-order valence-electron chi connectivity index (χ1n) is 5.72. The van der Waals surface area contributed by atoms with Crippen LogP contribution in [0.5, 0.6) is 0 Å². The van der Waals surface area contributed by atoms with Crippen molar-refractivity contribution in [3.05, 3.63) is 69.2 Å². The third kappa shape index (κ3) is 2.89. The molecule has 0 saturated heterocycles. The summed E-state index contributed by atoms with van der Waals surface area (Å²) < 4.78 is 27.8. The second kappa shape index (κ2) is 5.61. The normalized spacial score (nSPS) is 10.5. The average molecular weight is 325 g/mol. The van der Waals surface area contributed by atoms with E-state index in [1.165, 1.54) is 13.0 Å². The van der Waals surface area contributed by atoms with Crippen molar-refractivity contribution in [2.75, 3.05) is 0 Å². The molecule has 1 nitrogen and oxygen atoms in total. The van der Waals surface area contributed by atoms with Crippen molar-refractivity contribution in [1.29, 1.82) is 0 Å². The number of rotatable bonds is 3. The number of hydrogen-bond acceptors (Lipinski definition) is 1. The summed E-state index contributed by atoms with van der Waals surface area (Å²) in [6.07, 6.45) is 0.0483. The van der Waals surface area contributed by atoms with Crippen molar-refractivity contribution in [2.24, 2.45) is 0 Å². The molecule has 0 aliphatic rings. The predicted octanol–water partition coefficient (Wildman–Crippen LogP) is 4.46. The highest BCUT2D eigenvalue weighted by Gasteiger charge is 2.19. The molecule has 0 saturated carbocycles. The number of ketones is 1. The minimum absolute atomic E-state index is 0.0483. The molecular formula is C15H11BrF2O. The molecule has 0 aliphatic heterocycles. The van der Waals surface area contributed by atoms with Crippen LogP contribution >= 0.6 is 15.9 Å². The van der Waals surface area contributed by atoms with Crippen LogP contribution in [0.1, 0.15) is 21.5 Å². The number of carbonyl (C=O) groups excluding carboxylic acids is 1. The molecule has 2 aromatic rings. The fraction of sp³-hybridized carbons (Fsp3) is 0.133. The summed E-state index contributed by atoms with van der Waals surface area (Å²) in [6.45, 7) is 1.45. The van der Waals surface area contributed by atoms with Gasteiger partial charge in [0.05, 0.1) is 5.56 Å². The first-order chi connectivity index (χ1) is 9.00. The maximum atomic E-state index is 13.8. The van der Waals surface area contributed by atoms with Crippen LogP contribution in [0.15, 0.2) is 40.9 Å². The molecule has 4 heteroatoms. The smallest absolute Gasteiger partial charge is 0.170 e. The lowest BCUT2D eigenvalue weighted by atomic mass is 10.0. The highest BCUT2D eigenvalue weighted by molar-refractivity contribution is 9.10. The second-order valence-electron chi connectivity index (χ2n) is 4.24. The molecule has 0 aromatic heterocycles. The first-order valence-corrected chi connectivity index (χ1v) is 6.51. The van der Waals surface area contributed by atoms with E-state index in [0.29, 0.717) is 4.47 Å². The number of benzene rings is 2. The van der Waals surface area contributed by atoms with E-state index in [4.69, 9.17) is 0 Å². The minimum Gasteiger partial charge on any atom is -0.294 e. The van der Waals surface area contributed by atoms with E-state index >= 15 is 0 Å². The van der Waals surface area contributed by atoms with Crippen molar-refractivity contribution >= 4 is 21.7 Å². The van der Waals surface area contributed by atoms with Crippen LogP contribution in [0.4, 0.5) is 8.78 Å². The molecule has 0 aliphatic carbocycles. The molecule has 0 radical (unpaired) electrons. The van der Waals surface area contributed by atoms with Gasteiger partial charge in [0, 0.05) is 16.5 Å². The summed E-state index contributed by atoms with van der Waals surface area (Å²) in [7, 11) is 0. The molecule has 0 amide bonds. The lowest BCUT2D eigenvalue weighted by molar-refractivity contribution is 0.0988. The topological polar surface area (TPSA) is 17.1 Å². The van der Waals surface area contributed by atoms with Crippen molar-refractivity contribution in [3.8, 4) is 0 Å². The van der Waals surface area contributed by atoms with Gasteiger partial charge in [-0.2, -0.15) is 0 Å². The van der Waals surface area contributed by atoms with Gasteiger partial charge in [-0.15, -0.1) is 0 Å². The predicted molar refractivity (Wildman–Crippen MR) is 73.3 cm³/mol. The van der Waals surface area contributed by atoms with Crippen LogP contribution in [0.3, 0.4) is 0 Å². The van der Waals surface area contributed by atoms with Crippen molar-refractivity contribution in [1.82, 2.24) is 0 Å². The highest BCUT2D eigenvalue weighted by atomic mass is 79.9. The van der Waals surface area contributed by atoms with Gasteiger partial charge in [-0.05, 0) is 18.6 Å². The Morgan fingerprint density at radius 3 is 2.42 bits per heavy atom. The van der Waals surface area contributed by atoms with E-state index in [9.17, 15) is 13.6 Å². The van der Waals surface area contributed by atoms with Crippen LogP contribution in [0.25, 0.3) is 0 Å². The Hall–Kier alpha value is -1.55. The summed E-state index contributed by atoms with van der Waals surface area (Å²) in [5.74, 6) is -2.50. The average Bonchev–Trinajstić information content (AvgIpc) is 2.41. The maximum Gasteiger partial charge on any atom is 0.170 e. The Morgan fingerprint density at radius 1 is 1.16 bits per heavy atom. The van der Waals surface area contributed by atoms with Crippen molar-refractivity contribution < 1.29 is 13.6 Å². The molecular weight excluding hydrogens is 314 g/mol. The first kappa shape index (κ1) is 13.9. The van der Waals surface area contributed by atoms with Gasteiger partial charge in [-0.3, -0.25) is 4.79 Å². The summed E-state index contributed by atoms with van der Waals surface area (Å²) in [5, 5.41) is 0. The van der Waals surface area contributed by atoms with E-state index in [1.807, 2.05) is 6.07 Å². The fourth-order valence-corrected chi connectivity index (χ4v) is 2.17. The Bertz CT molecular complexity index is 624. The standard InChI is InChI=1S/C15H11BrF2O/c1-9-12(16)8-11(15(18)14(9)17)13(19)7-10-5-3-2-4-6-10/h2-6,8H,7H2,1H3. The van der Waals surface area contributed by atoms with Crippen LogP contribution in [0, 0.1) is 18.6 Å². The maximum absolute atomic E-state index is 13.8. The Kier molecular flexibility index (Phi) is 4.10. The van der Waals surface area contributed by atoms with E-state index < -0.39 is 17.4 Å². The summed E-state index contributed by atoms with van der Waals surface area (Å²) >= 11 is 3.13. The van der Waals surface area contributed by atoms with Gasteiger partial charge in [0.15, 0.2) is 17.4 Å². The number of Topliss-reactive ketones (excluding diaryl/α,β-unsaturated/α-hetero) is 1. The van der Waals surface area contributed by atoms with Crippen LogP contribution in [0.2, 0.25) is 0 Å². The lowest BCUT2D eigenvalue weighted by Crippen LogP contribution is -2.09. The molecule has 98 valence electrons. The largest absolute Gasteiger partial charge is 0.294 e. The van der Waals surface area contributed by atoms with Gasteiger partial charge in [0.1, 0.15) is 0 Å². The van der Waals surface area contributed by atoms with Gasteiger partial charge in [0.25, 0.3) is 0 Å². The zero-order valence-electron chi connectivity index (χ0n) is 10.2. The van der Waals surface area contributed by atoms with Crippen molar-refractivity contribution in [3.63, 3.8) is 0 Å². The fourth-order valence-electron chi connectivity index (χ4n) is 1.77. The molecule has 2 rings (SSSR count). The number of halogens is 3. The molecule has 0 heterocycles. The zero-order chi connectivity index (χ0) is 14.0. The van der Waals surface area contributed by atoms with E-state index in [2.05, 4.69) is 15.9 Å². The van der Waals surface area contributed by atoms with Crippen LogP contribution < -0.4 is 0 Å². The van der Waals surface area contributed by atoms with Crippen LogP contribution in [-0.2, 0) is 6.42 Å². The Morgan fingerprint density at radius 2 is 1.79 bits per heavy atom. The Labute approximate surface area is 118 Å². The van der Waals surface area contributed by atoms with Gasteiger partial charge >= 0.3 is 0 Å². The molecule has 0 bridgehead atoms. The van der Waals surface area contributed by atoms with Gasteiger partial charge < -0.3 is 0 Å². The zero-order valence-corrected chi connectivity index (χ0v) is 11.8. The highest BCUT2D eigenvalue weighted by Crippen LogP contribution is 2.25. The third-order valence-electron chi connectivity index (χ3n) is 2.90. The van der Waals surface area contributed by atoms with E-state index in [0.717, 1.165) is 5.56 Å². The molecule has 0 spiro atoms. The quantitative estimate of drug-likeness (QED) is 0.601. The number of hydrogen-bond donors (Lipinski definition) is 0. The monoisotopic (exact) mass is 324 g/mol. The minimum atomic E-state index is -1.08. The molecule has 2 aromatic carbocycles. The molecule has 0 atom stereocenters. The molecule has 19 heavy (non-hydrogen) atoms. The van der Waals surface area contributed by atoms with Gasteiger partial charge in [-0.1, -0.05) is 46.3 Å². The van der Waals surface area contributed by atoms with Gasteiger partial charge in [-0.25, -0.2) is 8.78 Å². The van der Waals surface area contributed by atoms with E-state index in [-0.39, 0.29) is 17.5 Å². The molecule has 0 N–H and O–H groups in total. The second-order valence-corrected chi connectivity index (χ2v) is 5.10. The third-order valence-corrected chi connectivity index (χ3v) is 3.72. The van der Waals surface area contributed by atoms with Crippen LogP contribution in [-0.4, -0.2) is 5.78 Å². The molecule has 0 unspecified atom stereocenters. The van der Waals surface area contributed by atoms with Crippen molar-refractivity contribution in [2.45, 2.75) is 13.3 Å². The summed E-state index contributed by atoms with van der Waals surface area (Å²) in [6, 6.07) is 10.3. The lowest BCUT2D eigenvalue weighted by Gasteiger charge is -2.07. The molecule has 0 fully saturated rings. The summed E-state index contributed by atoms with van der Waals surface area (Å²) in [4.78, 5) is 12.0. The van der Waals surface area contributed by atoms with E-state index in [1.54, 1.807) is 24.3 Å². The SMILES string of the molecule is Cc1c(Br)cc(C(=O)Cc2ccccc2)c(F)c1F. The van der Waals surface area contributed by atoms with Gasteiger partial charge in [0.2, 0.25) is 0 Å².